The highest BCUT2D eigenvalue weighted by atomic mass is 32.2. The molecule has 0 unspecified atom stereocenters. The van der Waals surface area contributed by atoms with Crippen molar-refractivity contribution in [2.75, 3.05) is 36.8 Å². The zero-order valence-corrected chi connectivity index (χ0v) is 14.9. The number of nitrogens with zero attached hydrogens (tertiary/aromatic N) is 4. The van der Waals surface area contributed by atoms with E-state index in [1.165, 1.54) is 11.3 Å². The van der Waals surface area contributed by atoms with Gasteiger partial charge in [0.1, 0.15) is 5.60 Å². The van der Waals surface area contributed by atoms with Crippen molar-refractivity contribution in [3.05, 3.63) is 17.5 Å². The maximum Gasteiger partial charge on any atom is 0.410 e. The molecule has 6 nitrogen and oxygen atoms in total. The quantitative estimate of drug-likeness (QED) is 0.784. The monoisotopic (exact) mass is 336 g/mol. The molecule has 126 valence electrons. The fourth-order valence-corrected chi connectivity index (χ4v) is 3.63. The summed E-state index contributed by atoms with van der Waals surface area (Å²) in [6, 6.07) is 0. The van der Waals surface area contributed by atoms with Gasteiger partial charge in [-0.15, -0.1) is 0 Å². The van der Waals surface area contributed by atoms with E-state index in [2.05, 4.69) is 9.88 Å². The Morgan fingerprint density at radius 2 is 2.00 bits per heavy atom. The van der Waals surface area contributed by atoms with E-state index < -0.39 is 5.60 Å². The molecule has 2 aliphatic rings. The number of amides is 1. The number of aryl methyl sites for hydroxylation is 1. The Morgan fingerprint density at radius 3 is 2.70 bits per heavy atom. The summed E-state index contributed by atoms with van der Waals surface area (Å²) in [5, 5.41) is 0. The number of rotatable bonds is 1. The summed E-state index contributed by atoms with van der Waals surface area (Å²) in [4.78, 5) is 25.3. The molecule has 0 spiro atoms. The molecule has 0 aromatic carbocycles. The van der Waals surface area contributed by atoms with Crippen LogP contribution in [0.3, 0.4) is 0 Å². The van der Waals surface area contributed by atoms with Crippen LogP contribution in [-0.2, 0) is 16.9 Å². The number of carbonyl (C=O) groups excluding carboxylic acids is 1. The highest BCUT2D eigenvalue weighted by molar-refractivity contribution is 7.98. The summed E-state index contributed by atoms with van der Waals surface area (Å²) >= 11 is 1.94. The Bertz CT molecular complexity index is 580. The lowest BCUT2D eigenvalue weighted by Crippen LogP contribution is -2.50. The van der Waals surface area contributed by atoms with Crippen LogP contribution in [0.5, 0.6) is 0 Å². The molecule has 0 atom stereocenters. The van der Waals surface area contributed by atoms with Crippen LogP contribution in [-0.4, -0.2) is 58.5 Å². The number of fused-ring (bicyclic) bond motifs is 1. The van der Waals surface area contributed by atoms with Gasteiger partial charge in [0.05, 0.1) is 5.69 Å². The second kappa shape index (κ2) is 6.55. The highest BCUT2D eigenvalue weighted by Gasteiger charge is 2.27. The zero-order chi connectivity index (χ0) is 16.4. The number of hydrogen-bond donors (Lipinski definition) is 0. The number of carbonyl (C=O) groups is 1. The molecule has 1 aromatic heterocycles. The van der Waals surface area contributed by atoms with Crippen LogP contribution >= 0.6 is 11.8 Å². The normalized spacial score (nSPS) is 18.6. The summed E-state index contributed by atoms with van der Waals surface area (Å²) < 4.78 is 5.43. The first-order chi connectivity index (χ1) is 10.9. The third-order valence-corrected chi connectivity index (χ3v) is 4.90. The number of anilines is 1. The summed E-state index contributed by atoms with van der Waals surface area (Å²) in [5.74, 6) is 2.94. The van der Waals surface area contributed by atoms with Gasteiger partial charge in [0.2, 0.25) is 5.95 Å². The summed E-state index contributed by atoms with van der Waals surface area (Å²) in [6.07, 6.45) is 2.75. The van der Waals surface area contributed by atoms with Crippen molar-refractivity contribution in [3.8, 4) is 0 Å². The van der Waals surface area contributed by atoms with Gasteiger partial charge in [-0.2, -0.15) is 11.8 Å². The maximum atomic E-state index is 12.1. The fraction of sp³-hybridized carbons (Fsp3) is 0.688. The SMILES string of the molecule is CC(C)(C)OC(=O)N1CCN(c2ncc3c(n2)CCSC3)CC1. The van der Waals surface area contributed by atoms with Crippen LogP contribution in [0.25, 0.3) is 0 Å². The van der Waals surface area contributed by atoms with Crippen LogP contribution < -0.4 is 4.90 Å². The molecular formula is C16H24N4O2S. The predicted octanol–water partition coefficient (Wildman–Crippen LogP) is 2.32. The molecule has 23 heavy (non-hydrogen) atoms. The molecule has 0 bridgehead atoms. The van der Waals surface area contributed by atoms with Crippen molar-refractivity contribution >= 4 is 23.8 Å². The largest absolute Gasteiger partial charge is 0.444 e. The number of aromatic nitrogens is 2. The Hall–Kier alpha value is -1.50. The van der Waals surface area contributed by atoms with Crippen molar-refractivity contribution in [3.63, 3.8) is 0 Å². The summed E-state index contributed by atoms with van der Waals surface area (Å²) in [6.45, 7) is 8.44. The van der Waals surface area contributed by atoms with E-state index in [-0.39, 0.29) is 6.09 Å². The van der Waals surface area contributed by atoms with Crippen molar-refractivity contribution in [2.45, 2.75) is 38.5 Å². The first kappa shape index (κ1) is 16.4. The minimum Gasteiger partial charge on any atom is -0.444 e. The number of hydrogen-bond acceptors (Lipinski definition) is 6. The lowest BCUT2D eigenvalue weighted by molar-refractivity contribution is 0.0240. The van der Waals surface area contributed by atoms with Gasteiger partial charge in [0, 0.05) is 43.7 Å². The van der Waals surface area contributed by atoms with Crippen molar-refractivity contribution in [1.82, 2.24) is 14.9 Å². The molecule has 3 rings (SSSR count). The van der Waals surface area contributed by atoms with E-state index in [4.69, 9.17) is 9.72 Å². The lowest BCUT2D eigenvalue weighted by Gasteiger charge is -2.35. The smallest absolute Gasteiger partial charge is 0.410 e. The molecule has 0 aliphatic carbocycles. The topological polar surface area (TPSA) is 58.6 Å². The van der Waals surface area contributed by atoms with Gasteiger partial charge in [0.25, 0.3) is 0 Å². The van der Waals surface area contributed by atoms with E-state index in [0.717, 1.165) is 37.0 Å². The van der Waals surface area contributed by atoms with Crippen molar-refractivity contribution in [1.29, 1.82) is 0 Å². The second-order valence-electron chi connectivity index (χ2n) is 6.90. The summed E-state index contributed by atoms with van der Waals surface area (Å²) in [7, 11) is 0. The van der Waals surface area contributed by atoms with Gasteiger partial charge in [-0.05, 0) is 32.9 Å². The average molecular weight is 336 g/mol. The fourth-order valence-electron chi connectivity index (χ4n) is 2.69. The molecule has 1 aromatic rings. The molecule has 2 aliphatic heterocycles. The molecule has 3 heterocycles. The van der Waals surface area contributed by atoms with Crippen LogP contribution in [0.1, 0.15) is 32.0 Å². The Kier molecular flexibility index (Phi) is 4.66. The van der Waals surface area contributed by atoms with Crippen molar-refractivity contribution in [2.24, 2.45) is 0 Å². The Balaban J connectivity index is 1.60. The lowest BCUT2D eigenvalue weighted by atomic mass is 10.2. The Labute approximate surface area is 141 Å². The number of thioether (sulfide) groups is 1. The van der Waals surface area contributed by atoms with Crippen LogP contribution in [0.2, 0.25) is 0 Å². The number of piperazine rings is 1. The molecule has 7 heteroatoms. The second-order valence-corrected chi connectivity index (χ2v) is 8.00. The van der Waals surface area contributed by atoms with E-state index in [1.807, 2.05) is 38.7 Å². The number of ether oxygens (including phenoxy) is 1. The first-order valence-corrected chi connectivity index (χ1v) is 9.23. The first-order valence-electron chi connectivity index (χ1n) is 8.08. The van der Waals surface area contributed by atoms with Crippen LogP contribution in [0, 0.1) is 0 Å². The highest BCUT2D eigenvalue weighted by Crippen LogP contribution is 2.24. The van der Waals surface area contributed by atoms with E-state index in [9.17, 15) is 4.79 Å². The minimum atomic E-state index is -0.451. The van der Waals surface area contributed by atoms with E-state index in [0.29, 0.717) is 13.1 Å². The minimum absolute atomic E-state index is 0.236. The molecule has 1 amide bonds. The standard InChI is InChI=1S/C16H24N4O2S/c1-16(2,3)22-15(21)20-7-5-19(6-8-20)14-17-10-12-11-23-9-4-13(12)18-14/h10H,4-9,11H2,1-3H3. The van der Waals surface area contributed by atoms with Gasteiger partial charge < -0.3 is 14.5 Å². The average Bonchev–Trinajstić information content (AvgIpc) is 2.53. The predicted molar refractivity (Wildman–Crippen MR) is 91.9 cm³/mol. The van der Waals surface area contributed by atoms with Crippen molar-refractivity contribution < 1.29 is 9.53 Å². The third kappa shape index (κ3) is 4.07. The Morgan fingerprint density at radius 1 is 1.26 bits per heavy atom. The summed E-state index contributed by atoms with van der Waals surface area (Å²) in [5.41, 5.74) is 1.99. The molecular weight excluding hydrogens is 312 g/mol. The van der Waals surface area contributed by atoms with Gasteiger partial charge >= 0.3 is 6.09 Å². The third-order valence-electron chi connectivity index (χ3n) is 3.90. The molecule has 0 radical (unpaired) electrons. The molecule has 0 saturated carbocycles. The van der Waals surface area contributed by atoms with Gasteiger partial charge in [-0.3, -0.25) is 0 Å². The van der Waals surface area contributed by atoms with Crippen LogP contribution in [0.4, 0.5) is 10.7 Å². The van der Waals surface area contributed by atoms with Gasteiger partial charge in [-0.25, -0.2) is 14.8 Å². The van der Waals surface area contributed by atoms with E-state index in [1.54, 1.807) is 4.90 Å². The van der Waals surface area contributed by atoms with Crippen LogP contribution in [0.15, 0.2) is 6.20 Å². The van der Waals surface area contributed by atoms with E-state index >= 15 is 0 Å². The zero-order valence-electron chi connectivity index (χ0n) is 14.0. The van der Waals surface area contributed by atoms with Gasteiger partial charge in [0.15, 0.2) is 0 Å². The van der Waals surface area contributed by atoms with Gasteiger partial charge in [-0.1, -0.05) is 0 Å². The molecule has 1 saturated heterocycles. The molecule has 0 N–H and O–H groups in total. The molecule has 1 fully saturated rings. The maximum absolute atomic E-state index is 12.1.